The van der Waals surface area contributed by atoms with Gasteiger partial charge >= 0.3 is 0 Å². The first kappa shape index (κ1) is 28.0. The lowest BCUT2D eigenvalue weighted by atomic mass is 9.96. The SMILES string of the molecule is CN(C)C(C=O)n1cc(C(O)c2cccc(Nc3sc(-c4ccc(C(C)(C)O)cc4F)cc3C(N)=O)n2)nn1. The Bertz CT molecular complexity index is 1510. The first-order valence-electron chi connectivity index (χ1n) is 11.8. The molecule has 13 heteroatoms. The molecule has 3 heterocycles. The number of halogens is 1. The number of nitrogens with zero attached hydrogens (tertiary/aromatic N) is 5. The van der Waals surface area contributed by atoms with Crippen LogP contribution in [-0.4, -0.2) is 61.4 Å². The van der Waals surface area contributed by atoms with Gasteiger partial charge in [0.05, 0.1) is 23.1 Å². The summed E-state index contributed by atoms with van der Waals surface area (Å²) in [5.41, 5.74) is 5.61. The summed E-state index contributed by atoms with van der Waals surface area (Å²) in [5.74, 6) is -0.973. The Balaban J connectivity index is 1.61. The fourth-order valence-corrected chi connectivity index (χ4v) is 4.90. The number of thiophene rings is 1. The van der Waals surface area contributed by atoms with Crippen molar-refractivity contribution in [3.05, 3.63) is 77.0 Å². The van der Waals surface area contributed by atoms with Gasteiger partial charge in [0, 0.05) is 10.4 Å². The van der Waals surface area contributed by atoms with E-state index in [1.54, 1.807) is 57.1 Å². The Morgan fingerprint density at radius 1 is 1.23 bits per heavy atom. The predicted molar refractivity (Wildman–Crippen MR) is 144 cm³/mol. The minimum atomic E-state index is -1.24. The summed E-state index contributed by atoms with van der Waals surface area (Å²) in [6.45, 7) is 3.12. The number of hydrogen-bond acceptors (Lipinski definition) is 10. The van der Waals surface area contributed by atoms with Gasteiger partial charge in [0.2, 0.25) is 0 Å². The number of amides is 1. The normalized spacial score (nSPS) is 13.3. The lowest BCUT2D eigenvalue weighted by molar-refractivity contribution is -0.114. The van der Waals surface area contributed by atoms with Gasteiger partial charge < -0.3 is 21.3 Å². The van der Waals surface area contributed by atoms with E-state index in [4.69, 9.17) is 5.73 Å². The first-order chi connectivity index (χ1) is 18.4. The van der Waals surface area contributed by atoms with Gasteiger partial charge in [-0.1, -0.05) is 23.4 Å². The zero-order valence-corrected chi connectivity index (χ0v) is 22.5. The van der Waals surface area contributed by atoms with Crippen molar-refractivity contribution in [2.75, 3.05) is 19.4 Å². The predicted octanol–water partition coefficient (Wildman–Crippen LogP) is 2.95. The zero-order chi connectivity index (χ0) is 28.5. The third-order valence-corrected chi connectivity index (χ3v) is 7.04. The Morgan fingerprint density at radius 2 is 1.97 bits per heavy atom. The maximum absolute atomic E-state index is 14.9. The van der Waals surface area contributed by atoms with Crippen LogP contribution in [-0.2, 0) is 10.4 Å². The van der Waals surface area contributed by atoms with Crippen molar-refractivity contribution in [3.8, 4) is 10.4 Å². The topological polar surface area (TPSA) is 159 Å². The van der Waals surface area contributed by atoms with E-state index >= 15 is 0 Å². The summed E-state index contributed by atoms with van der Waals surface area (Å²) in [6, 6.07) is 10.8. The monoisotopic (exact) mass is 553 g/mol. The number of anilines is 2. The fourth-order valence-electron chi connectivity index (χ4n) is 3.80. The summed E-state index contributed by atoms with van der Waals surface area (Å²) < 4.78 is 16.3. The lowest BCUT2D eigenvalue weighted by Gasteiger charge is -2.18. The van der Waals surface area contributed by atoms with E-state index in [0.717, 1.165) is 11.3 Å². The third-order valence-electron chi connectivity index (χ3n) is 5.96. The number of aromatic nitrogens is 4. The number of pyridine rings is 1. The highest BCUT2D eigenvalue weighted by Crippen LogP contribution is 2.39. The molecule has 0 aliphatic carbocycles. The van der Waals surface area contributed by atoms with Crippen LogP contribution in [0.4, 0.5) is 15.2 Å². The molecule has 0 bridgehead atoms. The highest BCUT2D eigenvalue weighted by molar-refractivity contribution is 7.20. The van der Waals surface area contributed by atoms with Crippen LogP contribution in [0.5, 0.6) is 0 Å². The van der Waals surface area contributed by atoms with Gasteiger partial charge in [-0.15, -0.1) is 16.4 Å². The quantitative estimate of drug-likeness (QED) is 0.217. The second-order valence-corrected chi connectivity index (χ2v) is 10.6. The first-order valence-corrected chi connectivity index (χ1v) is 12.6. The van der Waals surface area contributed by atoms with Crippen LogP contribution in [0.1, 0.15) is 53.4 Å². The van der Waals surface area contributed by atoms with Gasteiger partial charge in [0.25, 0.3) is 5.91 Å². The molecule has 1 amide bonds. The van der Waals surface area contributed by atoms with E-state index in [0.29, 0.717) is 27.5 Å². The van der Waals surface area contributed by atoms with Gasteiger partial charge in [-0.25, -0.2) is 14.1 Å². The van der Waals surface area contributed by atoms with E-state index in [9.17, 15) is 24.2 Å². The molecule has 1 aromatic carbocycles. The average molecular weight is 554 g/mol. The second kappa shape index (κ2) is 11.0. The van der Waals surface area contributed by atoms with Crippen LogP contribution in [0, 0.1) is 5.82 Å². The molecule has 204 valence electrons. The number of likely N-dealkylation sites (N-methyl/N-ethyl adjacent to an activating group) is 1. The Morgan fingerprint density at radius 3 is 2.59 bits per heavy atom. The maximum Gasteiger partial charge on any atom is 0.251 e. The number of nitrogens with two attached hydrogens (primary N) is 1. The third kappa shape index (κ3) is 6.01. The molecule has 0 fully saturated rings. The number of rotatable bonds is 10. The molecule has 4 aromatic rings. The van der Waals surface area contributed by atoms with Crippen molar-refractivity contribution in [1.82, 2.24) is 24.9 Å². The van der Waals surface area contributed by atoms with E-state index in [1.807, 2.05) is 0 Å². The van der Waals surface area contributed by atoms with Crippen LogP contribution >= 0.6 is 11.3 Å². The Kier molecular flexibility index (Phi) is 7.88. The molecule has 0 saturated heterocycles. The molecule has 11 nitrogen and oxygen atoms in total. The summed E-state index contributed by atoms with van der Waals surface area (Å²) in [7, 11) is 3.42. The highest BCUT2D eigenvalue weighted by Gasteiger charge is 2.23. The van der Waals surface area contributed by atoms with E-state index in [1.165, 1.54) is 29.1 Å². The van der Waals surface area contributed by atoms with Crippen molar-refractivity contribution in [2.24, 2.45) is 5.73 Å². The van der Waals surface area contributed by atoms with Crippen molar-refractivity contribution < 1.29 is 24.2 Å². The van der Waals surface area contributed by atoms with Crippen molar-refractivity contribution >= 4 is 34.3 Å². The number of carbonyl (C=O) groups is 2. The molecule has 4 rings (SSSR count). The van der Waals surface area contributed by atoms with E-state index < -0.39 is 29.6 Å². The molecule has 39 heavy (non-hydrogen) atoms. The minimum Gasteiger partial charge on any atom is -0.386 e. The standard InChI is InChI=1S/C26H28FN7O4S/c1-26(2,38)14-8-9-15(17(27)10-14)20-11-16(24(28)37)25(39-20)30-21-7-5-6-18(29-21)23(36)19-12-34(32-31-19)22(13-35)33(3)4/h5-13,22-23,36,38H,1-4H3,(H2,28,37)(H,29,30). The van der Waals surface area contributed by atoms with Crippen LogP contribution in [0.2, 0.25) is 0 Å². The van der Waals surface area contributed by atoms with Crippen molar-refractivity contribution in [1.29, 1.82) is 0 Å². The van der Waals surface area contributed by atoms with Crippen LogP contribution in [0.3, 0.4) is 0 Å². The summed E-state index contributed by atoms with van der Waals surface area (Å²) >= 11 is 1.11. The van der Waals surface area contributed by atoms with Crippen LogP contribution in [0.25, 0.3) is 10.4 Å². The second-order valence-electron chi connectivity index (χ2n) is 9.58. The minimum absolute atomic E-state index is 0.139. The zero-order valence-electron chi connectivity index (χ0n) is 21.7. The summed E-state index contributed by atoms with van der Waals surface area (Å²) in [4.78, 5) is 30.1. The maximum atomic E-state index is 14.9. The number of aldehydes is 1. The van der Waals surface area contributed by atoms with Gasteiger partial charge in [-0.2, -0.15) is 0 Å². The largest absolute Gasteiger partial charge is 0.386 e. The Labute approximate surface area is 227 Å². The van der Waals surface area contributed by atoms with Gasteiger partial charge in [0.15, 0.2) is 12.5 Å². The molecule has 5 N–H and O–H groups in total. The molecule has 0 aliphatic heterocycles. The highest BCUT2D eigenvalue weighted by atomic mass is 32.1. The summed E-state index contributed by atoms with van der Waals surface area (Å²) in [6.07, 6.45) is 0.232. The fraction of sp³-hybridized carbons (Fsp3) is 0.269. The lowest BCUT2D eigenvalue weighted by Crippen LogP contribution is -2.27. The van der Waals surface area contributed by atoms with Gasteiger partial charge in [-0.3, -0.25) is 14.5 Å². The smallest absolute Gasteiger partial charge is 0.251 e. The molecule has 2 unspecified atom stereocenters. The average Bonchev–Trinajstić information content (AvgIpc) is 3.51. The van der Waals surface area contributed by atoms with E-state index in [2.05, 4.69) is 20.6 Å². The van der Waals surface area contributed by atoms with Gasteiger partial charge in [-0.05, 0) is 57.8 Å². The van der Waals surface area contributed by atoms with E-state index in [-0.39, 0.29) is 22.5 Å². The number of benzene rings is 1. The number of hydrogen-bond donors (Lipinski definition) is 4. The number of carbonyl (C=O) groups excluding carboxylic acids is 2. The van der Waals surface area contributed by atoms with Crippen LogP contribution < -0.4 is 11.1 Å². The molecule has 2 atom stereocenters. The molecule has 0 radical (unpaired) electrons. The van der Waals surface area contributed by atoms with Crippen LogP contribution in [0.15, 0.2) is 48.7 Å². The summed E-state index contributed by atoms with van der Waals surface area (Å²) in [5, 5.41) is 32.3. The molecule has 0 aliphatic rings. The Hall–Kier alpha value is -4.04. The molecular weight excluding hydrogens is 525 g/mol. The molecule has 3 aromatic heterocycles. The molecule has 0 saturated carbocycles. The number of nitrogens with one attached hydrogen (secondary N) is 1. The molecular formula is C26H28FN7O4S. The van der Waals surface area contributed by atoms with Crippen molar-refractivity contribution in [2.45, 2.75) is 31.7 Å². The number of aliphatic hydroxyl groups excluding tert-OH is 1. The number of aliphatic hydroxyl groups is 2. The van der Waals surface area contributed by atoms with Crippen molar-refractivity contribution in [3.63, 3.8) is 0 Å². The van der Waals surface area contributed by atoms with Gasteiger partial charge in [0.1, 0.15) is 28.4 Å². The molecule has 0 spiro atoms. The number of primary amides is 1.